The lowest BCUT2D eigenvalue weighted by atomic mass is 10.1. The van der Waals surface area contributed by atoms with Gasteiger partial charge < -0.3 is 10.1 Å². The Balaban J connectivity index is 2.84. The average molecular weight is 228 g/mol. The van der Waals surface area contributed by atoms with E-state index in [9.17, 15) is 14.5 Å². The number of non-ortho nitro benzene ring substituents is 1. The molecule has 0 fully saturated rings. The number of halogens is 1. The van der Waals surface area contributed by atoms with Crippen molar-refractivity contribution in [3.63, 3.8) is 0 Å². The van der Waals surface area contributed by atoms with Gasteiger partial charge in [0.05, 0.1) is 12.0 Å². The predicted octanol–water partition coefficient (Wildman–Crippen LogP) is 1.66. The number of benzene rings is 1. The van der Waals surface area contributed by atoms with Crippen LogP contribution in [0.15, 0.2) is 18.2 Å². The van der Waals surface area contributed by atoms with Gasteiger partial charge in [0.2, 0.25) is 0 Å². The van der Waals surface area contributed by atoms with Crippen molar-refractivity contribution < 1.29 is 14.1 Å². The molecule has 1 aromatic rings. The molecule has 0 radical (unpaired) electrons. The van der Waals surface area contributed by atoms with Gasteiger partial charge in [-0.3, -0.25) is 10.1 Å². The highest BCUT2D eigenvalue weighted by Crippen LogP contribution is 2.23. The largest absolute Gasteiger partial charge is 0.496 e. The van der Waals surface area contributed by atoms with Crippen LogP contribution in [-0.4, -0.2) is 25.3 Å². The molecule has 1 aromatic carbocycles. The van der Waals surface area contributed by atoms with Crippen LogP contribution in [0.1, 0.15) is 5.56 Å². The van der Waals surface area contributed by atoms with Gasteiger partial charge in [0.15, 0.2) is 0 Å². The Kier molecular flexibility index (Phi) is 4.65. The summed E-state index contributed by atoms with van der Waals surface area (Å²) in [4.78, 5) is 10.1. The molecule has 1 N–H and O–H groups in total. The first-order chi connectivity index (χ1) is 7.69. The number of nitro benzene ring substituents is 1. The van der Waals surface area contributed by atoms with E-state index in [4.69, 9.17) is 4.74 Å². The Morgan fingerprint density at radius 2 is 2.31 bits per heavy atom. The molecule has 0 spiro atoms. The normalized spacial score (nSPS) is 10.1. The van der Waals surface area contributed by atoms with Gasteiger partial charge in [0.1, 0.15) is 12.4 Å². The van der Waals surface area contributed by atoms with E-state index in [1.54, 1.807) is 0 Å². The molecule has 6 heteroatoms. The summed E-state index contributed by atoms with van der Waals surface area (Å²) >= 11 is 0. The highest BCUT2D eigenvalue weighted by molar-refractivity contribution is 5.43. The second kappa shape index (κ2) is 6.02. The molecular weight excluding hydrogens is 215 g/mol. The summed E-state index contributed by atoms with van der Waals surface area (Å²) in [7, 11) is 1.49. The Morgan fingerprint density at radius 3 is 2.88 bits per heavy atom. The number of alkyl halides is 1. The van der Waals surface area contributed by atoms with E-state index in [1.165, 1.54) is 25.3 Å². The van der Waals surface area contributed by atoms with Crippen molar-refractivity contribution in [3.8, 4) is 5.75 Å². The van der Waals surface area contributed by atoms with Crippen LogP contribution in [-0.2, 0) is 6.54 Å². The molecule has 0 aliphatic heterocycles. The van der Waals surface area contributed by atoms with Crippen molar-refractivity contribution in [1.82, 2.24) is 5.32 Å². The first kappa shape index (κ1) is 12.4. The average Bonchev–Trinajstić information content (AvgIpc) is 2.29. The fraction of sp³-hybridized carbons (Fsp3) is 0.400. The summed E-state index contributed by atoms with van der Waals surface area (Å²) in [5, 5.41) is 13.4. The zero-order chi connectivity index (χ0) is 12.0. The fourth-order valence-electron chi connectivity index (χ4n) is 1.31. The summed E-state index contributed by atoms with van der Waals surface area (Å²) in [5.74, 6) is 0.553. The summed E-state index contributed by atoms with van der Waals surface area (Å²) in [6.07, 6.45) is 0. The third kappa shape index (κ3) is 3.16. The highest BCUT2D eigenvalue weighted by atomic mass is 19.1. The maximum atomic E-state index is 11.9. The van der Waals surface area contributed by atoms with E-state index in [1.807, 2.05) is 0 Å². The van der Waals surface area contributed by atoms with E-state index in [-0.39, 0.29) is 12.2 Å². The van der Waals surface area contributed by atoms with Gasteiger partial charge in [-0.2, -0.15) is 0 Å². The van der Waals surface area contributed by atoms with Gasteiger partial charge in [0.25, 0.3) is 5.69 Å². The molecule has 0 aliphatic rings. The number of hydrogen-bond acceptors (Lipinski definition) is 4. The van der Waals surface area contributed by atoms with E-state index in [0.717, 1.165) is 0 Å². The quantitative estimate of drug-likeness (QED) is 0.457. The van der Waals surface area contributed by atoms with E-state index in [0.29, 0.717) is 17.9 Å². The number of nitrogens with zero attached hydrogens (tertiary/aromatic N) is 1. The molecule has 0 unspecified atom stereocenters. The van der Waals surface area contributed by atoms with E-state index < -0.39 is 11.6 Å². The molecule has 0 amide bonds. The fourth-order valence-corrected chi connectivity index (χ4v) is 1.31. The lowest BCUT2D eigenvalue weighted by Gasteiger charge is -2.08. The van der Waals surface area contributed by atoms with Crippen molar-refractivity contribution in [2.45, 2.75) is 6.54 Å². The van der Waals surface area contributed by atoms with Crippen molar-refractivity contribution in [1.29, 1.82) is 0 Å². The first-order valence-corrected chi connectivity index (χ1v) is 4.77. The van der Waals surface area contributed by atoms with Crippen molar-refractivity contribution in [2.24, 2.45) is 0 Å². The Hall–Kier alpha value is -1.69. The third-order valence-electron chi connectivity index (χ3n) is 2.06. The van der Waals surface area contributed by atoms with Gasteiger partial charge in [-0.05, 0) is 6.07 Å². The lowest BCUT2D eigenvalue weighted by Crippen LogP contribution is -2.16. The highest BCUT2D eigenvalue weighted by Gasteiger charge is 2.10. The first-order valence-electron chi connectivity index (χ1n) is 4.77. The van der Waals surface area contributed by atoms with Crippen LogP contribution in [0.4, 0.5) is 10.1 Å². The standard InChI is InChI=1S/C10H13FN2O3/c1-16-10-3-2-9(13(14)15)6-8(10)7-12-5-4-11/h2-3,6,12H,4-5,7H2,1H3. The van der Waals surface area contributed by atoms with Gasteiger partial charge in [-0.25, -0.2) is 4.39 Å². The molecular formula is C10H13FN2O3. The predicted molar refractivity (Wildman–Crippen MR) is 57.3 cm³/mol. The molecule has 88 valence electrons. The molecule has 0 bridgehead atoms. The van der Waals surface area contributed by atoms with Gasteiger partial charge in [-0.1, -0.05) is 0 Å². The molecule has 16 heavy (non-hydrogen) atoms. The van der Waals surface area contributed by atoms with Crippen LogP contribution in [0, 0.1) is 10.1 Å². The van der Waals surface area contributed by atoms with Crippen molar-refractivity contribution >= 4 is 5.69 Å². The molecule has 0 atom stereocenters. The van der Waals surface area contributed by atoms with Crippen molar-refractivity contribution in [3.05, 3.63) is 33.9 Å². The maximum Gasteiger partial charge on any atom is 0.270 e. The Morgan fingerprint density at radius 1 is 1.56 bits per heavy atom. The number of methoxy groups -OCH3 is 1. The summed E-state index contributed by atoms with van der Waals surface area (Å²) in [5.41, 5.74) is 0.642. The van der Waals surface area contributed by atoms with E-state index >= 15 is 0 Å². The molecule has 0 saturated carbocycles. The second-order valence-corrected chi connectivity index (χ2v) is 3.12. The number of nitro groups is 1. The summed E-state index contributed by atoms with van der Waals surface area (Å²) in [6.45, 7) is 0.0812. The number of hydrogen-bond donors (Lipinski definition) is 1. The van der Waals surface area contributed by atoms with Crippen LogP contribution in [0.2, 0.25) is 0 Å². The molecule has 0 aliphatic carbocycles. The van der Waals surface area contributed by atoms with E-state index in [2.05, 4.69) is 5.32 Å². The van der Waals surface area contributed by atoms with Crippen LogP contribution in [0.25, 0.3) is 0 Å². The SMILES string of the molecule is COc1ccc([N+](=O)[O-])cc1CNCCF. The molecule has 0 saturated heterocycles. The van der Waals surface area contributed by atoms with Crippen LogP contribution < -0.4 is 10.1 Å². The molecule has 5 nitrogen and oxygen atoms in total. The van der Waals surface area contributed by atoms with Gasteiger partial charge in [-0.15, -0.1) is 0 Å². The van der Waals surface area contributed by atoms with Crippen LogP contribution in [0.5, 0.6) is 5.75 Å². The number of nitrogens with one attached hydrogen (secondary N) is 1. The minimum absolute atomic E-state index is 0.00199. The van der Waals surface area contributed by atoms with Crippen LogP contribution >= 0.6 is 0 Å². The zero-order valence-electron chi connectivity index (χ0n) is 8.90. The zero-order valence-corrected chi connectivity index (χ0v) is 8.90. The minimum atomic E-state index is -0.475. The Labute approximate surface area is 92.4 Å². The summed E-state index contributed by atoms with van der Waals surface area (Å²) < 4.78 is 16.9. The summed E-state index contributed by atoms with van der Waals surface area (Å²) in [6, 6.07) is 4.33. The molecule has 1 rings (SSSR count). The third-order valence-corrected chi connectivity index (χ3v) is 2.06. The molecule has 0 heterocycles. The Bertz CT molecular complexity index is 371. The monoisotopic (exact) mass is 228 g/mol. The van der Waals surface area contributed by atoms with Gasteiger partial charge in [0, 0.05) is 30.8 Å². The smallest absolute Gasteiger partial charge is 0.270 e. The second-order valence-electron chi connectivity index (χ2n) is 3.12. The van der Waals surface area contributed by atoms with Gasteiger partial charge >= 0.3 is 0 Å². The molecule has 0 aromatic heterocycles. The minimum Gasteiger partial charge on any atom is -0.496 e. The van der Waals surface area contributed by atoms with Crippen LogP contribution in [0.3, 0.4) is 0 Å². The number of rotatable bonds is 6. The lowest BCUT2D eigenvalue weighted by molar-refractivity contribution is -0.384. The van der Waals surface area contributed by atoms with Crippen molar-refractivity contribution in [2.75, 3.05) is 20.3 Å². The maximum absolute atomic E-state index is 11.9. The topological polar surface area (TPSA) is 64.4 Å². The number of ether oxygens (including phenoxy) is 1.